The topological polar surface area (TPSA) is 41.6 Å². The second-order valence-corrected chi connectivity index (χ2v) is 7.01. The van der Waals surface area contributed by atoms with E-state index in [9.17, 15) is 4.79 Å². The molecule has 2 atom stereocenters. The third-order valence-corrected chi connectivity index (χ3v) is 4.20. The minimum absolute atomic E-state index is 0.187. The van der Waals surface area contributed by atoms with Gasteiger partial charge in [0.2, 0.25) is 0 Å². The number of anilines is 1. The van der Waals surface area contributed by atoms with Crippen LogP contribution in [0.5, 0.6) is 0 Å². The molecular weight excluding hydrogens is 264 g/mol. The summed E-state index contributed by atoms with van der Waals surface area (Å²) in [5.41, 5.74) is 2.12. The Morgan fingerprint density at radius 1 is 1.33 bits per heavy atom. The van der Waals surface area contributed by atoms with E-state index >= 15 is 0 Å². The number of fused-ring (bicyclic) bond motifs is 3. The highest BCUT2D eigenvalue weighted by atomic mass is 16.6. The quantitative estimate of drug-likeness (QED) is 0.793. The van der Waals surface area contributed by atoms with Crippen LogP contribution in [0.2, 0.25) is 0 Å². The first-order valence-corrected chi connectivity index (χ1v) is 7.77. The number of hydrogen-bond acceptors (Lipinski definition) is 3. The second-order valence-electron chi connectivity index (χ2n) is 7.01. The fraction of sp³-hybridized carbons (Fsp3) is 0.588. The van der Waals surface area contributed by atoms with Gasteiger partial charge in [-0.25, -0.2) is 4.79 Å². The SMILES string of the molecule is CC(C)(C)OC(=O)N1CCC[C@@H]2Nc3ccccc3[C@@H]2C1. The number of amides is 1. The molecule has 1 fully saturated rings. The fourth-order valence-corrected chi connectivity index (χ4v) is 3.29. The van der Waals surface area contributed by atoms with Crippen LogP contribution in [0.15, 0.2) is 24.3 Å². The molecule has 1 aromatic carbocycles. The van der Waals surface area contributed by atoms with E-state index in [1.54, 1.807) is 0 Å². The molecule has 4 heteroatoms. The van der Waals surface area contributed by atoms with Gasteiger partial charge in [0.1, 0.15) is 5.60 Å². The van der Waals surface area contributed by atoms with E-state index in [0.29, 0.717) is 12.0 Å². The minimum atomic E-state index is -0.436. The summed E-state index contributed by atoms with van der Waals surface area (Å²) in [4.78, 5) is 14.2. The lowest BCUT2D eigenvalue weighted by Gasteiger charge is -2.28. The zero-order valence-electron chi connectivity index (χ0n) is 13.1. The van der Waals surface area contributed by atoms with Crippen LogP contribution in [-0.2, 0) is 4.74 Å². The van der Waals surface area contributed by atoms with E-state index in [4.69, 9.17) is 4.74 Å². The maximum absolute atomic E-state index is 12.4. The highest BCUT2D eigenvalue weighted by Gasteiger charge is 2.37. The summed E-state index contributed by atoms with van der Waals surface area (Å²) >= 11 is 0. The van der Waals surface area contributed by atoms with Crippen molar-refractivity contribution in [2.24, 2.45) is 0 Å². The van der Waals surface area contributed by atoms with Crippen LogP contribution < -0.4 is 5.32 Å². The van der Waals surface area contributed by atoms with Gasteiger partial charge in [-0.15, -0.1) is 0 Å². The van der Waals surface area contributed by atoms with Crippen molar-refractivity contribution in [1.29, 1.82) is 0 Å². The van der Waals surface area contributed by atoms with Gasteiger partial charge in [0.05, 0.1) is 0 Å². The molecule has 0 spiro atoms. The predicted octanol–water partition coefficient (Wildman–Crippen LogP) is 3.60. The maximum Gasteiger partial charge on any atom is 0.410 e. The lowest BCUT2D eigenvalue weighted by Crippen LogP contribution is -2.39. The van der Waals surface area contributed by atoms with Gasteiger partial charge in [-0.3, -0.25) is 0 Å². The van der Waals surface area contributed by atoms with Gasteiger partial charge < -0.3 is 15.0 Å². The van der Waals surface area contributed by atoms with Crippen molar-refractivity contribution in [2.75, 3.05) is 18.4 Å². The Balaban J connectivity index is 1.77. The molecule has 1 amide bonds. The summed E-state index contributed by atoms with van der Waals surface area (Å²) in [6.07, 6.45) is 1.92. The average Bonchev–Trinajstić information content (AvgIpc) is 2.60. The van der Waals surface area contributed by atoms with Crippen LogP contribution in [0, 0.1) is 0 Å². The molecule has 1 aromatic rings. The smallest absolute Gasteiger partial charge is 0.410 e. The summed E-state index contributed by atoms with van der Waals surface area (Å²) in [5, 5.41) is 3.61. The maximum atomic E-state index is 12.4. The second kappa shape index (κ2) is 5.24. The molecule has 0 radical (unpaired) electrons. The van der Waals surface area contributed by atoms with E-state index in [-0.39, 0.29) is 6.09 Å². The summed E-state index contributed by atoms with van der Waals surface area (Å²) in [7, 11) is 0. The Morgan fingerprint density at radius 2 is 2.10 bits per heavy atom. The van der Waals surface area contributed by atoms with Crippen molar-refractivity contribution in [3.63, 3.8) is 0 Å². The Bertz CT molecular complexity index is 536. The van der Waals surface area contributed by atoms with Gasteiger partial charge in [-0.1, -0.05) is 18.2 Å². The Hall–Kier alpha value is -1.71. The largest absolute Gasteiger partial charge is 0.444 e. The number of rotatable bonds is 0. The summed E-state index contributed by atoms with van der Waals surface area (Å²) in [6, 6.07) is 8.87. The fourth-order valence-electron chi connectivity index (χ4n) is 3.29. The number of benzene rings is 1. The molecule has 2 heterocycles. The van der Waals surface area contributed by atoms with Crippen LogP contribution in [0.1, 0.15) is 45.1 Å². The van der Waals surface area contributed by atoms with Crippen molar-refractivity contribution in [1.82, 2.24) is 4.90 Å². The zero-order valence-corrected chi connectivity index (χ0v) is 13.1. The number of carbonyl (C=O) groups is 1. The molecule has 0 aliphatic carbocycles. The van der Waals surface area contributed by atoms with E-state index in [1.807, 2.05) is 25.7 Å². The first-order valence-electron chi connectivity index (χ1n) is 7.77. The number of likely N-dealkylation sites (tertiary alicyclic amines) is 1. The number of para-hydroxylation sites is 1. The van der Waals surface area contributed by atoms with Gasteiger partial charge in [-0.05, 0) is 45.2 Å². The Morgan fingerprint density at radius 3 is 2.86 bits per heavy atom. The first kappa shape index (κ1) is 14.2. The van der Waals surface area contributed by atoms with Crippen molar-refractivity contribution < 1.29 is 9.53 Å². The highest BCUT2D eigenvalue weighted by Crippen LogP contribution is 2.39. The molecule has 1 saturated heterocycles. The lowest BCUT2D eigenvalue weighted by molar-refractivity contribution is 0.0249. The number of nitrogens with zero attached hydrogens (tertiary/aromatic N) is 1. The molecule has 2 aliphatic rings. The molecule has 0 unspecified atom stereocenters. The number of ether oxygens (including phenoxy) is 1. The molecule has 114 valence electrons. The summed E-state index contributed by atoms with van der Waals surface area (Å²) in [5.74, 6) is 0.371. The number of carbonyl (C=O) groups excluding carboxylic acids is 1. The monoisotopic (exact) mass is 288 g/mol. The van der Waals surface area contributed by atoms with Gasteiger partial charge in [0.15, 0.2) is 0 Å². The third kappa shape index (κ3) is 2.99. The van der Waals surface area contributed by atoms with Crippen LogP contribution >= 0.6 is 0 Å². The Labute approximate surface area is 126 Å². The molecule has 0 bridgehead atoms. The predicted molar refractivity (Wildman–Crippen MR) is 83.6 cm³/mol. The molecule has 21 heavy (non-hydrogen) atoms. The van der Waals surface area contributed by atoms with E-state index < -0.39 is 5.60 Å². The van der Waals surface area contributed by atoms with E-state index in [0.717, 1.165) is 25.9 Å². The van der Waals surface area contributed by atoms with Crippen LogP contribution in [0.4, 0.5) is 10.5 Å². The molecule has 0 aromatic heterocycles. The molecular formula is C17H24N2O2. The average molecular weight is 288 g/mol. The molecule has 2 aliphatic heterocycles. The van der Waals surface area contributed by atoms with Crippen LogP contribution in [0.3, 0.4) is 0 Å². The van der Waals surface area contributed by atoms with Gasteiger partial charge in [-0.2, -0.15) is 0 Å². The highest BCUT2D eigenvalue weighted by molar-refractivity contribution is 5.69. The van der Waals surface area contributed by atoms with Crippen molar-refractivity contribution in [2.45, 2.75) is 51.2 Å². The van der Waals surface area contributed by atoms with Gasteiger partial charge in [0.25, 0.3) is 0 Å². The normalized spacial score (nSPS) is 24.6. The standard InChI is InChI=1S/C17H24N2O2/c1-17(2,3)21-16(20)19-10-6-9-15-13(11-19)12-7-4-5-8-14(12)18-15/h4-5,7-8,13,15,18H,6,9-11H2,1-3H3/t13-,15-/m0/s1. The summed E-state index contributed by atoms with van der Waals surface area (Å²) < 4.78 is 5.54. The molecule has 4 nitrogen and oxygen atoms in total. The van der Waals surface area contributed by atoms with Crippen LogP contribution in [0.25, 0.3) is 0 Å². The van der Waals surface area contributed by atoms with E-state index in [1.165, 1.54) is 11.3 Å². The van der Waals surface area contributed by atoms with E-state index in [2.05, 4.69) is 29.6 Å². The van der Waals surface area contributed by atoms with Gasteiger partial charge in [0, 0.05) is 30.7 Å². The molecule has 3 rings (SSSR count). The lowest BCUT2D eigenvalue weighted by atomic mass is 9.93. The summed E-state index contributed by atoms with van der Waals surface area (Å²) in [6.45, 7) is 7.27. The van der Waals surface area contributed by atoms with Crippen molar-refractivity contribution >= 4 is 11.8 Å². The van der Waals surface area contributed by atoms with Gasteiger partial charge >= 0.3 is 6.09 Å². The number of hydrogen-bond donors (Lipinski definition) is 1. The van der Waals surface area contributed by atoms with Crippen LogP contribution in [-0.4, -0.2) is 35.7 Å². The third-order valence-electron chi connectivity index (χ3n) is 4.20. The van der Waals surface area contributed by atoms with Crippen molar-refractivity contribution in [3.8, 4) is 0 Å². The zero-order chi connectivity index (χ0) is 15.0. The Kier molecular flexibility index (Phi) is 3.56. The molecule has 0 saturated carbocycles. The minimum Gasteiger partial charge on any atom is -0.444 e. The molecule has 1 N–H and O–H groups in total. The first-order chi connectivity index (χ1) is 9.94. The number of nitrogens with one attached hydrogen (secondary N) is 1. The van der Waals surface area contributed by atoms with Crippen molar-refractivity contribution in [3.05, 3.63) is 29.8 Å².